The van der Waals surface area contributed by atoms with Crippen LogP contribution in [-0.2, 0) is 0 Å². The summed E-state index contributed by atoms with van der Waals surface area (Å²) in [5.74, 6) is 0. The van der Waals surface area contributed by atoms with Gasteiger partial charge in [-0.25, -0.2) is 4.90 Å². The number of amides is 1. The lowest BCUT2D eigenvalue weighted by atomic mass is 10.5. The van der Waals surface area contributed by atoms with E-state index in [1.54, 1.807) is 21.9 Å². The van der Waals surface area contributed by atoms with Crippen molar-refractivity contribution in [1.82, 2.24) is 4.90 Å². The molecule has 0 N–H and O–H groups in total. The van der Waals surface area contributed by atoms with Crippen molar-refractivity contribution >= 4 is 6.03 Å². The van der Waals surface area contributed by atoms with Gasteiger partial charge in [0.1, 0.15) is 0 Å². The molecule has 1 heterocycles. The molecule has 3 nitrogen and oxygen atoms in total. The molecular formula is C10H15N2O+. The normalized spacial score (nSPS) is 9.69. The Morgan fingerprint density at radius 1 is 1.15 bits per heavy atom. The third kappa shape index (κ3) is 2.28. The van der Waals surface area contributed by atoms with Gasteiger partial charge in [-0.15, -0.1) is 0 Å². The van der Waals surface area contributed by atoms with Crippen molar-refractivity contribution in [2.45, 2.75) is 13.8 Å². The second-order valence-corrected chi connectivity index (χ2v) is 2.74. The maximum atomic E-state index is 11.7. The Labute approximate surface area is 78.6 Å². The van der Waals surface area contributed by atoms with Gasteiger partial charge in [0.15, 0.2) is 0 Å². The molecule has 0 spiro atoms. The number of hydrogen-bond donors (Lipinski definition) is 0. The molecule has 0 radical (unpaired) electrons. The van der Waals surface area contributed by atoms with Crippen molar-refractivity contribution in [2.75, 3.05) is 13.1 Å². The number of carbonyl (C=O) groups is 1. The van der Waals surface area contributed by atoms with E-state index in [9.17, 15) is 4.79 Å². The minimum absolute atomic E-state index is 0.0330. The predicted molar refractivity (Wildman–Crippen MR) is 50.4 cm³/mol. The maximum Gasteiger partial charge on any atom is 0.497 e. The van der Waals surface area contributed by atoms with Crippen LogP contribution in [0.15, 0.2) is 30.6 Å². The highest BCUT2D eigenvalue weighted by Crippen LogP contribution is 1.88. The summed E-state index contributed by atoms with van der Waals surface area (Å²) >= 11 is 0. The number of nitrogens with zero attached hydrogens (tertiary/aromatic N) is 2. The summed E-state index contributed by atoms with van der Waals surface area (Å²) in [7, 11) is 0. The average Bonchev–Trinajstić information content (AvgIpc) is 2.21. The number of rotatable bonds is 2. The number of hydrogen-bond acceptors (Lipinski definition) is 1. The third-order valence-corrected chi connectivity index (χ3v) is 1.97. The van der Waals surface area contributed by atoms with Crippen LogP contribution in [0.1, 0.15) is 13.8 Å². The van der Waals surface area contributed by atoms with Crippen molar-refractivity contribution in [3.63, 3.8) is 0 Å². The van der Waals surface area contributed by atoms with Gasteiger partial charge in [-0.1, -0.05) is 6.07 Å². The van der Waals surface area contributed by atoms with Gasteiger partial charge in [-0.3, -0.25) is 0 Å². The van der Waals surface area contributed by atoms with Crippen molar-refractivity contribution < 1.29 is 9.36 Å². The fraction of sp³-hybridized carbons (Fsp3) is 0.400. The summed E-state index contributed by atoms with van der Waals surface area (Å²) in [5.41, 5.74) is 0. The fourth-order valence-corrected chi connectivity index (χ4v) is 1.18. The lowest BCUT2D eigenvalue weighted by molar-refractivity contribution is -0.578. The van der Waals surface area contributed by atoms with E-state index in [1.807, 2.05) is 32.0 Å². The van der Waals surface area contributed by atoms with E-state index < -0.39 is 0 Å². The molecule has 0 saturated carbocycles. The van der Waals surface area contributed by atoms with E-state index in [0.717, 1.165) is 13.1 Å². The first-order chi connectivity index (χ1) is 6.29. The molecule has 1 rings (SSSR count). The Balaban J connectivity index is 2.78. The molecule has 1 amide bonds. The summed E-state index contributed by atoms with van der Waals surface area (Å²) in [6.45, 7) is 5.45. The smallest absolute Gasteiger partial charge is 0.226 e. The first-order valence-corrected chi connectivity index (χ1v) is 4.55. The van der Waals surface area contributed by atoms with E-state index in [0.29, 0.717) is 0 Å². The minimum atomic E-state index is 0.0330. The van der Waals surface area contributed by atoms with Crippen LogP contribution in [0.4, 0.5) is 4.79 Å². The van der Waals surface area contributed by atoms with Gasteiger partial charge < -0.3 is 0 Å². The van der Waals surface area contributed by atoms with Crippen LogP contribution in [0, 0.1) is 0 Å². The molecule has 1 aromatic rings. The molecule has 13 heavy (non-hydrogen) atoms. The first-order valence-electron chi connectivity index (χ1n) is 4.55. The van der Waals surface area contributed by atoms with Gasteiger partial charge in [0.25, 0.3) is 0 Å². The highest BCUT2D eigenvalue weighted by molar-refractivity contribution is 5.64. The minimum Gasteiger partial charge on any atom is -0.226 e. The van der Waals surface area contributed by atoms with Gasteiger partial charge in [0.2, 0.25) is 0 Å². The molecule has 0 bridgehead atoms. The fourth-order valence-electron chi connectivity index (χ4n) is 1.18. The van der Waals surface area contributed by atoms with Crippen LogP contribution in [-0.4, -0.2) is 24.0 Å². The monoisotopic (exact) mass is 179 g/mol. The Hall–Kier alpha value is -1.38. The summed E-state index contributed by atoms with van der Waals surface area (Å²) in [6, 6.07) is 5.63. The number of aromatic nitrogens is 1. The standard InChI is InChI=1S/C10H15N2O/c1-3-11(4-2)10(13)12-8-6-5-7-9-12/h5-9H,3-4H2,1-2H3/q+1. The van der Waals surface area contributed by atoms with E-state index in [4.69, 9.17) is 0 Å². The van der Waals surface area contributed by atoms with E-state index >= 15 is 0 Å². The maximum absolute atomic E-state index is 11.7. The van der Waals surface area contributed by atoms with Crippen molar-refractivity contribution in [3.8, 4) is 0 Å². The molecule has 3 heteroatoms. The lowest BCUT2D eigenvalue weighted by Gasteiger charge is -2.09. The van der Waals surface area contributed by atoms with Gasteiger partial charge in [0.05, 0.1) is 25.5 Å². The molecule has 0 unspecified atom stereocenters. The average molecular weight is 179 g/mol. The molecule has 0 saturated heterocycles. The highest BCUT2D eigenvalue weighted by Gasteiger charge is 2.19. The summed E-state index contributed by atoms with van der Waals surface area (Å²) < 4.78 is 1.59. The lowest BCUT2D eigenvalue weighted by Crippen LogP contribution is -2.51. The zero-order valence-corrected chi connectivity index (χ0v) is 8.10. The molecule has 0 atom stereocenters. The Bertz CT molecular complexity index is 268. The van der Waals surface area contributed by atoms with Crippen molar-refractivity contribution in [1.29, 1.82) is 0 Å². The summed E-state index contributed by atoms with van der Waals surface area (Å²) in [4.78, 5) is 13.5. The molecule has 0 aromatic carbocycles. The Morgan fingerprint density at radius 2 is 1.69 bits per heavy atom. The van der Waals surface area contributed by atoms with E-state index in [2.05, 4.69) is 0 Å². The molecule has 0 aliphatic rings. The van der Waals surface area contributed by atoms with E-state index in [1.165, 1.54) is 0 Å². The molecule has 1 aromatic heterocycles. The molecular weight excluding hydrogens is 164 g/mol. The second kappa shape index (κ2) is 4.60. The highest BCUT2D eigenvalue weighted by atomic mass is 16.2. The topological polar surface area (TPSA) is 24.2 Å². The van der Waals surface area contributed by atoms with Crippen LogP contribution < -0.4 is 4.57 Å². The quantitative estimate of drug-likeness (QED) is 0.628. The summed E-state index contributed by atoms with van der Waals surface area (Å²) in [6.07, 6.45) is 3.53. The van der Waals surface area contributed by atoms with Crippen LogP contribution >= 0.6 is 0 Å². The molecule has 0 fully saturated rings. The van der Waals surface area contributed by atoms with Gasteiger partial charge in [-0.2, -0.15) is 9.36 Å². The first kappa shape index (κ1) is 9.71. The molecule has 0 aliphatic carbocycles. The number of pyridine rings is 1. The Morgan fingerprint density at radius 3 is 2.15 bits per heavy atom. The zero-order valence-electron chi connectivity index (χ0n) is 8.10. The molecule has 70 valence electrons. The van der Waals surface area contributed by atoms with Crippen LogP contribution in [0.25, 0.3) is 0 Å². The largest absolute Gasteiger partial charge is 0.497 e. The SMILES string of the molecule is CCN(CC)C(=O)[n+]1ccccc1. The Kier molecular flexibility index (Phi) is 3.43. The van der Waals surface area contributed by atoms with Gasteiger partial charge >= 0.3 is 6.03 Å². The van der Waals surface area contributed by atoms with E-state index in [-0.39, 0.29) is 6.03 Å². The van der Waals surface area contributed by atoms with Crippen molar-refractivity contribution in [2.24, 2.45) is 0 Å². The molecule has 0 aliphatic heterocycles. The number of carbonyl (C=O) groups excluding carboxylic acids is 1. The van der Waals surface area contributed by atoms with Gasteiger partial charge in [0, 0.05) is 0 Å². The van der Waals surface area contributed by atoms with Crippen LogP contribution in [0.3, 0.4) is 0 Å². The van der Waals surface area contributed by atoms with Crippen LogP contribution in [0.2, 0.25) is 0 Å². The van der Waals surface area contributed by atoms with Crippen molar-refractivity contribution in [3.05, 3.63) is 30.6 Å². The third-order valence-electron chi connectivity index (χ3n) is 1.97. The summed E-state index contributed by atoms with van der Waals surface area (Å²) in [5, 5.41) is 0. The second-order valence-electron chi connectivity index (χ2n) is 2.74. The van der Waals surface area contributed by atoms with Gasteiger partial charge in [-0.05, 0) is 26.0 Å². The van der Waals surface area contributed by atoms with Crippen LogP contribution in [0.5, 0.6) is 0 Å². The predicted octanol–water partition coefficient (Wildman–Crippen LogP) is 1.28. The zero-order chi connectivity index (χ0) is 9.68.